The lowest BCUT2D eigenvalue weighted by atomic mass is 9.88. The van der Waals surface area contributed by atoms with E-state index in [4.69, 9.17) is 11.6 Å². The fourth-order valence-corrected chi connectivity index (χ4v) is 1.71. The molecule has 1 unspecified atom stereocenters. The second kappa shape index (κ2) is 5.71. The largest absolute Gasteiger partial charge is 0.374 e. The van der Waals surface area contributed by atoms with Crippen molar-refractivity contribution >= 4 is 23.4 Å². The highest BCUT2D eigenvalue weighted by atomic mass is 35.5. The summed E-state index contributed by atoms with van der Waals surface area (Å²) in [6.07, 6.45) is -0.887. The highest BCUT2D eigenvalue weighted by Crippen LogP contribution is 2.28. The minimum atomic E-state index is -0.887. The highest BCUT2D eigenvalue weighted by Gasteiger charge is 2.21. The SMILES string of the molecule is CC(O)N(C)C(=O)Nc1cc(C(C)(C)C)c(Cl)nn1. The predicted molar refractivity (Wildman–Crippen MR) is 74.2 cm³/mol. The molecule has 0 aliphatic heterocycles. The number of aliphatic hydroxyl groups excluding tert-OH is 1. The molecule has 2 N–H and O–H groups in total. The van der Waals surface area contributed by atoms with E-state index >= 15 is 0 Å². The van der Waals surface area contributed by atoms with E-state index in [2.05, 4.69) is 15.5 Å². The van der Waals surface area contributed by atoms with E-state index in [1.165, 1.54) is 14.0 Å². The number of carbonyl (C=O) groups excluding carboxylic acids is 1. The fraction of sp³-hybridized carbons (Fsp3) is 0.583. The van der Waals surface area contributed by atoms with Crippen LogP contribution in [0.25, 0.3) is 0 Å². The molecule has 0 aromatic carbocycles. The number of halogens is 1. The zero-order valence-corrected chi connectivity index (χ0v) is 12.5. The van der Waals surface area contributed by atoms with Crippen molar-refractivity contribution in [1.82, 2.24) is 15.1 Å². The fourth-order valence-electron chi connectivity index (χ4n) is 1.33. The van der Waals surface area contributed by atoms with Gasteiger partial charge in [0.1, 0.15) is 6.23 Å². The Bertz CT molecular complexity index is 471. The first-order valence-corrected chi connectivity index (χ1v) is 6.26. The molecular formula is C12H19ClN4O2. The van der Waals surface area contributed by atoms with Crippen LogP contribution in [0.3, 0.4) is 0 Å². The van der Waals surface area contributed by atoms with Gasteiger partial charge in [-0.05, 0) is 18.4 Å². The minimum Gasteiger partial charge on any atom is -0.374 e. The van der Waals surface area contributed by atoms with E-state index in [1.807, 2.05) is 20.8 Å². The Kier molecular flexibility index (Phi) is 4.70. The molecule has 1 aromatic heterocycles. The molecule has 1 aromatic rings. The van der Waals surface area contributed by atoms with E-state index < -0.39 is 12.3 Å². The molecule has 1 rings (SSSR count). The van der Waals surface area contributed by atoms with E-state index in [-0.39, 0.29) is 5.41 Å². The number of hydrogen-bond acceptors (Lipinski definition) is 4. The molecule has 1 heterocycles. The Morgan fingerprint density at radius 3 is 2.53 bits per heavy atom. The maximum Gasteiger partial charge on any atom is 0.324 e. The Morgan fingerprint density at radius 2 is 2.05 bits per heavy atom. The molecule has 2 amide bonds. The minimum absolute atomic E-state index is 0.206. The van der Waals surface area contributed by atoms with Gasteiger partial charge in [0.2, 0.25) is 0 Å². The Hall–Kier alpha value is -1.40. The molecular weight excluding hydrogens is 268 g/mol. The summed E-state index contributed by atoms with van der Waals surface area (Å²) in [4.78, 5) is 12.9. The lowest BCUT2D eigenvalue weighted by Crippen LogP contribution is -2.38. The highest BCUT2D eigenvalue weighted by molar-refractivity contribution is 6.30. The van der Waals surface area contributed by atoms with Crippen molar-refractivity contribution in [3.63, 3.8) is 0 Å². The molecule has 0 saturated carbocycles. The van der Waals surface area contributed by atoms with E-state index in [1.54, 1.807) is 6.07 Å². The summed E-state index contributed by atoms with van der Waals surface area (Å²) in [5.74, 6) is 0.298. The molecule has 7 heteroatoms. The number of nitrogens with one attached hydrogen (secondary N) is 1. The van der Waals surface area contributed by atoms with Gasteiger partial charge in [0, 0.05) is 12.6 Å². The number of aliphatic hydroxyl groups is 1. The van der Waals surface area contributed by atoms with Gasteiger partial charge in [-0.25, -0.2) is 4.79 Å². The smallest absolute Gasteiger partial charge is 0.324 e. The number of hydrogen-bond donors (Lipinski definition) is 2. The summed E-state index contributed by atoms with van der Waals surface area (Å²) in [6, 6.07) is 1.22. The number of anilines is 1. The lowest BCUT2D eigenvalue weighted by Gasteiger charge is -2.22. The van der Waals surface area contributed by atoms with Crippen molar-refractivity contribution in [3.8, 4) is 0 Å². The van der Waals surface area contributed by atoms with Crippen molar-refractivity contribution in [2.24, 2.45) is 0 Å². The van der Waals surface area contributed by atoms with E-state index in [0.717, 1.165) is 10.5 Å². The first kappa shape index (κ1) is 15.7. The first-order valence-electron chi connectivity index (χ1n) is 5.88. The number of aromatic nitrogens is 2. The molecule has 0 radical (unpaired) electrons. The van der Waals surface area contributed by atoms with Gasteiger partial charge in [-0.2, -0.15) is 0 Å². The van der Waals surface area contributed by atoms with Crippen molar-refractivity contribution in [1.29, 1.82) is 0 Å². The number of carbonyl (C=O) groups is 1. The van der Waals surface area contributed by atoms with Crippen LogP contribution in [-0.4, -0.2) is 39.5 Å². The van der Waals surface area contributed by atoms with Gasteiger partial charge in [0.15, 0.2) is 11.0 Å². The van der Waals surface area contributed by atoms with Crippen molar-refractivity contribution in [3.05, 3.63) is 16.8 Å². The zero-order chi connectivity index (χ0) is 14.8. The van der Waals surface area contributed by atoms with Crippen LogP contribution in [0.2, 0.25) is 5.15 Å². The van der Waals surface area contributed by atoms with Crippen LogP contribution >= 0.6 is 11.6 Å². The van der Waals surface area contributed by atoms with Gasteiger partial charge in [-0.15, -0.1) is 10.2 Å². The predicted octanol–water partition coefficient (Wildman–Crippen LogP) is 2.23. The summed E-state index contributed by atoms with van der Waals surface area (Å²) < 4.78 is 0. The van der Waals surface area contributed by atoms with Crippen LogP contribution in [0.5, 0.6) is 0 Å². The van der Waals surface area contributed by atoms with Crippen LogP contribution in [0.4, 0.5) is 10.6 Å². The zero-order valence-electron chi connectivity index (χ0n) is 11.7. The van der Waals surface area contributed by atoms with E-state index in [0.29, 0.717) is 11.0 Å². The normalized spacial score (nSPS) is 13.0. The van der Waals surface area contributed by atoms with Gasteiger partial charge < -0.3 is 10.0 Å². The number of amides is 2. The standard InChI is InChI=1S/C12H19ClN4O2/c1-7(18)17(5)11(19)14-9-6-8(12(2,3)4)10(13)16-15-9/h6-7,18H,1-5H3,(H,14,15,19). The van der Waals surface area contributed by atoms with Crippen LogP contribution in [-0.2, 0) is 5.41 Å². The summed E-state index contributed by atoms with van der Waals surface area (Å²) in [5, 5.41) is 19.8. The van der Waals surface area contributed by atoms with Gasteiger partial charge in [-0.3, -0.25) is 5.32 Å². The maximum atomic E-state index is 11.8. The van der Waals surface area contributed by atoms with Gasteiger partial charge in [0.25, 0.3) is 0 Å². The molecule has 0 spiro atoms. The van der Waals surface area contributed by atoms with Crippen molar-refractivity contribution in [2.75, 3.05) is 12.4 Å². The first-order chi connectivity index (χ1) is 8.62. The molecule has 1 atom stereocenters. The average molecular weight is 287 g/mol. The Morgan fingerprint density at radius 1 is 1.47 bits per heavy atom. The Balaban J connectivity index is 2.95. The maximum absolute atomic E-state index is 11.8. The Labute approximate surface area is 117 Å². The van der Waals surface area contributed by atoms with Crippen LogP contribution < -0.4 is 5.32 Å². The third-order valence-electron chi connectivity index (χ3n) is 2.67. The summed E-state index contributed by atoms with van der Waals surface area (Å²) >= 11 is 5.99. The van der Waals surface area contributed by atoms with Gasteiger partial charge >= 0.3 is 6.03 Å². The summed E-state index contributed by atoms with van der Waals surface area (Å²) in [5.41, 5.74) is 0.585. The average Bonchev–Trinajstić information content (AvgIpc) is 2.28. The third-order valence-corrected chi connectivity index (χ3v) is 2.95. The topological polar surface area (TPSA) is 78.4 Å². The monoisotopic (exact) mass is 286 g/mol. The van der Waals surface area contributed by atoms with E-state index in [9.17, 15) is 9.90 Å². The number of rotatable bonds is 2. The molecule has 0 bridgehead atoms. The third kappa shape index (κ3) is 4.04. The summed E-state index contributed by atoms with van der Waals surface area (Å²) in [7, 11) is 1.48. The lowest BCUT2D eigenvalue weighted by molar-refractivity contribution is 0.0672. The molecule has 0 aliphatic carbocycles. The van der Waals surface area contributed by atoms with Crippen molar-refractivity contribution < 1.29 is 9.90 Å². The van der Waals surface area contributed by atoms with Gasteiger partial charge in [0.05, 0.1) is 0 Å². The molecule has 0 saturated heterocycles. The quantitative estimate of drug-likeness (QED) is 0.817. The molecule has 6 nitrogen and oxygen atoms in total. The molecule has 0 aliphatic rings. The van der Waals surface area contributed by atoms with Crippen LogP contribution in [0, 0.1) is 0 Å². The van der Waals surface area contributed by atoms with Crippen molar-refractivity contribution in [2.45, 2.75) is 39.3 Å². The van der Waals surface area contributed by atoms with Crippen LogP contribution in [0.1, 0.15) is 33.3 Å². The summed E-state index contributed by atoms with van der Waals surface area (Å²) in [6.45, 7) is 7.46. The molecule has 0 fully saturated rings. The number of nitrogens with zero attached hydrogens (tertiary/aromatic N) is 3. The van der Waals surface area contributed by atoms with Gasteiger partial charge in [-0.1, -0.05) is 32.4 Å². The second-order valence-electron chi connectivity index (χ2n) is 5.36. The van der Waals surface area contributed by atoms with Crippen LogP contribution in [0.15, 0.2) is 6.07 Å². The molecule has 106 valence electrons. The second-order valence-corrected chi connectivity index (χ2v) is 5.72. The molecule has 19 heavy (non-hydrogen) atoms. The number of urea groups is 1.